The third kappa shape index (κ3) is 3.30. The Morgan fingerprint density at radius 1 is 1.69 bits per heavy atom. The van der Waals surface area contributed by atoms with E-state index in [0.29, 0.717) is 19.3 Å². The highest BCUT2D eigenvalue weighted by Crippen LogP contribution is 2.27. The van der Waals surface area contributed by atoms with Gasteiger partial charge in [-0.15, -0.1) is 0 Å². The van der Waals surface area contributed by atoms with Crippen molar-refractivity contribution in [1.82, 2.24) is 5.32 Å². The van der Waals surface area contributed by atoms with Gasteiger partial charge in [0.2, 0.25) is 5.91 Å². The lowest BCUT2D eigenvalue weighted by Gasteiger charge is -2.11. The lowest BCUT2D eigenvalue weighted by atomic mass is 10.1. The normalized spacial score (nSPS) is 30.1. The lowest BCUT2D eigenvalue weighted by Crippen LogP contribution is -2.34. The van der Waals surface area contributed by atoms with Crippen molar-refractivity contribution < 1.29 is 14.3 Å². The van der Waals surface area contributed by atoms with E-state index in [1.54, 1.807) is 6.92 Å². The van der Waals surface area contributed by atoms with Crippen LogP contribution in [0.25, 0.3) is 0 Å². The van der Waals surface area contributed by atoms with Gasteiger partial charge in [0.25, 0.3) is 0 Å². The van der Waals surface area contributed by atoms with Crippen LogP contribution in [0.4, 0.5) is 4.39 Å². The van der Waals surface area contributed by atoms with Crippen LogP contribution in [0.2, 0.25) is 0 Å². The number of carbonyl (C=O) groups excluding carboxylic acids is 1. The highest BCUT2D eigenvalue weighted by molar-refractivity contribution is 5.78. The average Bonchev–Trinajstić information content (AvgIpc) is 2.47. The molecule has 0 aromatic carbocycles. The average molecular weight is 189 g/mol. The minimum Gasteiger partial charge on any atom is -0.392 e. The van der Waals surface area contributed by atoms with E-state index in [2.05, 4.69) is 5.32 Å². The molecule has 0 bridgehead atoms. The van der Waals surface area contributed by atoms with Gasteiger partial charge in [0, 0.05) is 12.5 Å². The molecule has 0 aliphatic heterocycles. The highest BCUT2D eigenvalue weighted by Gasteiger charge is 2.29. The molecule has 1 fully saturated rings. The number of aliphatic hydroxyl groups is 1. The molecule has 2 N–H and O–H groups in total. The maximum atomic E-state index is 12.7. The Kier molecular flexibility index (Phi) is 3.66. The van der Waals surface area contributed by atoms with Gasteiger partial charge in [-0.25, -0.2) is 4.39 Å². The second-order valence-electron chi connectivity index (χ2n) is 3.70. The zero-order valence-electron chi connectivity index (χ0n) is 7.79. The van der Waals surface area contributed by atoms with E-state index >= 15 is 0 Å². The van der Waals surface area contributed by atoms with Crippen molar-refractivity contribution >= 4 is 5.91 Å². The van der Waals surface area contributed by atoms with Gasteiger partial charge in [-0.1, -0.05) is 0 Å². The van der Waals surface area contributed by atoms with Gasteiger partial charge in [-0.05, 0) is 26.2 Å². The summed E-state index contributed by atoms with van der Waals surface area (Å²) in [5, 5.41) is 11.5. The molecule has 0 heterocycles. The zero-order chi connectivity index (χ0) is 9.84. The molecule has 1 aliphatic rings. The van der Waals surface area contributed by atoms with Crippen LogP contribution in [-0.4, -0.2) is 29.8 Å². The van der Waals surface area contributed by atoms with Gasteiger partial charge in [0.05, 0.1) is 6.10 Å². The quantitative estimate of drug-likeness (QED) is 0.683. The minimum absolute atomic E-state index is 0.124. The van der Waals surface area contributed by atoms with E-state index in [4.69, 9.17) is 5.11 Å². The van der Waals surface area contributed by atoms with Gasteiger partial charge in [-0.2, -0.15) is 0 Å². The summed E-state index contributed by atoms with van der Waals surface area (Å²) in [6.07, 6.45) is 0.111. The van der Waals surface area contributed by atoms with Gasteiger partial charge in [-0.3, -0.25) is 4.79 Å². The van der Waals surface area contributed by atoms with Gasteiger partial charge in [0.15, 0.2) is 0 Å². The first kappa shape index (κ1) is 10.4. The Morgan fingerprint density at radius 3 is 2.85 bits per heavy atom. The molecule has 0 aromatic heterocycles. The minimum atomic E-state index is -0.817. The maximum Gasteiger partial charge on any atom is 0.223 e. The first-order valence-corrected chi connectivity index (χ1v) is 4.69. The Hall–Kier alpha value is -0.640. The summed E-state index contributed by atoms with van der Waals surface area (Å²) >= 11 is 0. The summed E-state index contributed by atoms with van der Waals surface area (Å²) in [4.78, 5) is 11.3. The zero-order valence-corrected chi connectivity index (χ0v) is 7.79. The standard InChI is InChI=1S/C9H16FNO2/c1-6(12)5-11-9(13)7-2-3-8(10)4-7/h6-8,12H,2-5H2,1H3,(H,11,13)/t6-,7?,8?/m1/s1. The van der Waals surface area contributed by atoms with Crippen LogP contribution in [0.1, 0.15) is 26.2 Å². The highest BCUT2D eigenvalue weighted by atomic mass is 19.1. The summed E-state index contributed by atoms with van der Waals surface area (Å²) in [6.45, 7) is 1.86. The summed E-state index contributed by atoms with van der Waals surface area (Å²) in [7, 11) is 0. The molecule has 1 rings (SSSR count). The predicted octanol–water partition coefficient (Wildman–Crippen LogP) is 0.622. The van der Waals surface area contributed by atoms with Crippen LogP contribution in [0, 0.1) is 5.92 Å². The Balaban J connectivity index is 2.24. The predicted molar refractivity (Wildman–Crippen MR) is 46.9 cm³/mol. The smallest absolute Gasteiger partial charge is 0.223 e. The molecule has 4 heteroatoms. The van der Waals surface area contributed by atoms with E-state index in [9.17, 15) is 9.18 Å². The third-order valence-electron chi connectivity index (χ3n) is 2.31. The van der Waals surface area contributed by atoms with Crippen LogP contribution in [-0.2, 0) is 4.79 Å². The van der Waals surface area contributed by atoms with Crippen molar-refractivity contribution in [2.24, 2.45) is 5.92 Å². The molecular weight excluding hydrogens is 173 g/mol. The second-order valence-corrected chi connectivity index (χ2v) is 3.70. The van der Waals surface area contributed by atoms with Crippen molar-refractivity contribution in [2.45, 2.75) is 38.5 Å². The van der Waals surface area contributed by atoms with Gasteiger partial charge < -0.3 is 10.4 Å². The molecule has 0 radical (unpaired) electrons. The summed E-state index contributed by atoms with van der Waals surface area (Å²) in [5.41, 5.74) is 0. The number of nitrogens with one attached hydrogen (secondary N) is 1. The number of aliphatic hydroxyl groups excluding tert-OH is 1. The first-order valence-electron chi connectivity index (χ1n) is 4.69. The van der Waals surface area contributed by atoms with E-state index in [-0.39, 0.29) is 18.4 Å². The second kappa shape index (κ2) is 4.56. The van der Waals surface area contributed by atoms with Crippen LogP contribution < -0.4 is 5.32 Å². The molecule has 76 valence electrons. The number of amides is 1. The first-order chi connectivity index (χ1) is 6.09. The molecule has 1 aliphatic carbocycles. The maximum absolute atomic E-state index is 12.7. The summed E-state index contributed by atoms with van der Waals surface area (Å²) in [6, 6.07) is 0. The SMILES string of the molecule is C[C@@H](O)CNC(=O)C1CCC(F)C1. The number of hydrogen-bond acceptors (Lipinski definition) is 2. The van der Waals surface area contributed by atoms with Crippen LogP contribution in [0.15, 0.2) is 0 Å². The molecule has 0 aromatic rings. The van der Waals surface area contributed by atoms with Crippen molar-refractivity contribution in [2.75, 3.05) is 6.54 Å². The van der Waals surface area contributed by atoms with E-state index in [1.807, 2.05) is 0 Å². The number of carbonyl (C=O) groups is 1. The van der Waals surface area contributed by atoms with Crippen molar-refractivity contribution in [3.8, 4) is 0 Å². The fourth-order valence-electron chi connectivity index (χ4n) is 1.56. The number of hydrogen-bond donors (Lipinski definition) is 2. The Bertz CT molecular complexity index is 184. The molecular formula is C9H16FNO2. The fraction of sp³-hybridized carbons (Fsp3) is 0.889. The largest absolute Gasteiger partial charge is 0.392 e. The van der Waals surface area contributed by atoms with Gasteiger partial charge in [0.1, 0.15) is 6.17 Å². The molecule has 0 spiro atoms. The number of rotatable bonds is 3. The molecule has 0 saturated heterocycles. The molecule has 1 amide bonds. The summed E-state index contributed by atoms with van der Waals surface area (Å²) < 4.78 is 12.7. The van der Waals surface area contributed by atoms with E-state index in [0.717, 1.165) is 0 Å². The van der Waals surface area contributed by atoms with Crippen LogP contribution >= 0.6 is 0 Å². The molecule has 2 unspecified atom stereocenters. The van der Waals surface area contributed by atoms with Crippen molar-refractivity contribution in [1.29, 1.82) is 0 Å². The third-order valence-corrected chi connectivity index (χ3v) is 2.31. The van der Waals surface area contributed by atoms with Crippen molar-refractivity contribution in [3.63, 3.8) is 0 Å². The van der Waals surface area contributed by atoms with E-state index < -0.39 is 12.3 Å². The molecule has 13 heavy (non-hydrogen) atoms. The number of halogens is 1. The molecule has 3 nitrogen and oxygen atoms in total. The Morgan fingerprint density at radius 2 is 2.38 bits per heavy atom. The topological polar surface area (TPSA) is 49.3 Å². The molecule has 1 saturated carbocycles. The van der Waals surface area contributed by atoms with Crippen molar-refractivity contribution in [3.05, 3.63) is 0 Å². The monoisotopic (exact) mass is 189 g/mol. The van der Waals surface area contributed by atoms with E-state index in [1.165, 1.54) is 0 Å². The van der Waals surface area contributed by atoms with Gasteiger partial charge >= 0.3 is 0 Å². The number of alkyl halides is 1. The van der Waals surface area contributed by atoms with Crippen LogP contribution in [0.5, 0.6) is 0 Å². The lowest BCUT2D eigenvalue weighted by molar-refractivity contribution is -0.125. The van der Waals surface area contributed by atoms with Crippen LogP contribution in [0.3, 0.4) is 0 Å². The fourth-order valence-corrected chi connectivity index (χ4v) is 1.56. The summed E-state index contributed by atoms with van der Waals surface area (Å²) in [5.74, 6) is -0.310. The Labute approximate surface area is 77.3 Å². The molecule has 3 atom stereocenters.